The van der Waals surface area contributed by atoms with Crippen LogP contribution in [0.5, 0.6) is 0 Å². The Balaban J connectivity index is 2.17. The van der Waals surface area contributed by atoms with Crippen LogP contribution in [0.25, 0.3) is 0 Å². The molecule has 0 aromatic carbocycles. The van der Waals surface area contributed by atoms with Gasteiger partial charge >= 0.3 is 0 Å². The lowest BCUT2D eigenvalue weighted by Gasteiger charge is -2.12. The summed E-state index contributed by atoms with van der Waals surface area (Å²) in [5.74, 6) is 0.370. The fraction of sp³-hybridized carbons (Fsp3) is 0.455. The maximum atomic E-state index is 4.07. The molecule has 0 radical (unpaired) electrons. The van der Waals surface area contributed by atoms with Crippen LogP contribution in [0.4, 0.5) is 0 Å². The van der Waals surface area contributed by atoms with Crippen LogP contribution in [-0.4, -0.2) is 19.9 Å². The molecule has 0 aliphatic carbocycles. The standard InChI is InChI=1S/C11H16N4/c1-2-3-4-9(10-5-12-7-14-10)11-6-13-8-15-11/h5-9H,2-4H2,1H3,(H,12,14)(H,13,15). The summed E-state index contributed by atoms with van der Waals surface area (Å²) >= 11 is 0. The Morgan fingerprint density at radius 3 is 2.13 bits per heavy atom. The van der Waals surface area contributed by atoms with E-state index in [1.165, 1.54) is 12.8 Å². The molecule has 0 saturated carbocycles. The van der Waals surface area contributed by atoms with Gasteiger partial charge in [0.2, 0.25) is 0 Å². The molecule has 0 fully saturated rings. The minimum Gasteiger partial charge on any atom is -0.348 e. The normalized spacial score (nSPS) is 11.1. The highest BCUT2D eigenvalue weighted by Gasteiger charge is 2.15. The SMILES string of the molecule is CCCCC(c1cnc[nH]1)c1cnc[nH]1. The van der Waals surface area contributed by atoms with Gasteiger partial charge in [-0.25, -0.2) is 9.97 Å². The molecule has 2 aromatic heterocycles. The lowest BCUT2D eigenvalue weighted by molar-refractivity contribution is 0.630. The number of nitrogens with zero attached hydrogens (tertiary/aromatic N) is 2. The maximum Gasteiger partial charge on any atom is 0.0921 e. The molecule has 2 heterocycles. The maximum absolute atomic E-state index is 4.07. The van der Waals surface area contributed by atoms with Gasteiger partial charge in [0.1, 0.15) is 0 Å². The smallest absolute Gasteiger partial charge is 0.0921 e. The van der Waals surface area contributed by atoms with Crippen LogP contribution in [0.2, 0.25) is 0 Å². The van der Waals surface area contributed by atoms with Gasteiger partial charge in [-0.2, -0.15) is 0 Å². The van der Waals surface area contributed by atoms with E-state index in [4.69, 9.17) is 0 Å². The highest BCUT2D eigenvalue weighted by atomic mass is 14.9. The Morgan fingerprint density at radius 1 is 1.13 bits per heavy atom. The molecule has 0 bridgehead atoms. The van der Waals surface area contributed by atoms with Crippen molar-refractivity contribution in [2.75, 3.05) is 0 Å². The average molecular weight is 204 g/mol. The highest BCUT2D eigenvalue weighted by Crippen LogP contribution is 2.26. The van der Waals surface area contributed by atoms with Crippen LogP contribution < -0.4 is 0 Å². The van der Waals surface area contributed by atoms with Crippen LogP contribution in [0.15, 0.2) is 25.0 Å². The Morgan fingerprint density at radius 2 is 1.73 bits per heavy atom. The predicted molar refractivity (Wildman–Crippen MR) is 58.5 cm³/mol. The van der Waals surface area contributed by atoms with Gasteiger partial charge < -0.3 is 9.97 Å². The minimum atomic E-state index is 0.370. The first-order valence-electron chi connectivity index (χ1n) is 5.38. The summed E-state index contributed by atoms with van der Waals surface area (Å²) in [6.45, 7) is 2.21. The van der Waals surface area contributed by atoms with Gasteiger partial charge in [-0.05, 0) is 6.42 Å². The van der Waals surface area contributed by atoms with Crippen molar-refractivity contribution in [2.24, 2.45) is 0 Å². The summed E-state index contributed by atoms with van der Waals surface area (Å²) < 4.78 is 0. The van der Waals surface area contributed by atoms with E-state index >= 15 is 0 Å². The molecule has 2 rings (SSSR count). The second kappa shape index (κ2) is 4.77. The Hall–Kier alpha value is -1.58. The number of unbranched alkanes of at least 4 members (excludes halogenated alkanes) is 1. The molecule has 0 aliphatic rings. The molecule has 0 atom stereocenters. The first-order chi connectivity index (χ1) is 7.42. The van der Waals surface area contributed by atoms with Crippen molar-refractivity contribution in [1.82, 2.24) is 19.9 Å². The second-order valence-corrected chi connectivity index (χ2v) is 3.71. The van der Waals surface area contributed by atoms with Gasteiger partial charge in [-0.15, -0.1) is 0 Å². The molecule has 0 saturated heterocycles. The lowest BCUT2D eigenvalue weighted by Crippen LogP contribution is -2.02. The number of aromatic nitrogens is 4. The van der Waals surface area contributed by atoms with E-state index in [2.05, 4.69) is 26.9 Å². The molecule has 0 unspecified atom stereocenters. The molecule has 15 heavy (non-hydrogen) atoms. The van der Waals surface area contributed by atoms with E-state index in [0.717, 1.165) is 17.8 Å². The molecule has 2 N–H and O–H groups in total. The Labute approximate surface area is 89.2 Å². The third-order valence-electron chi connectivity index (χ3n) is 2.64. The lowest BCUT2D eigenvalue weighted by atomic mass is 9.96. The highest BCUT2D eigenvalue weighted by molar-refractivity contribution is 5.18. The van der Waals surface area contributed by atoms with Crippen LogP contribution in [-0.2, 0) is 0 Å². The first kappa shape index (κ1) is 9.96. The molecule has 0 amide bonds. The summed E-state index contributed by atoms with van der Waals surface area (Å²) in [5.41, 5.74) is 2.32. The molecule has 80 valence electrons. The first-order valence-corrected chi connectivity index (χ1v) is 5.38. The third kappa shape index (κ3) is 2.26. The van der Waals surface area contributed by atoms with Crippen LogP contribution in [0.1, 0.15) is 43.5 Å². The fourth-order valence-corrected chi connectivity index (χ4v) is 1.80. The molecule has 4 nitrogen and oxygen atoms in total. The number of imidazole rings is 2. The Bertz CT molecular complexity index is 329. The van der Waals surface area contributed by atoms with Crippen molar-refractivity contribution in [3.05, 3.63) is 36.4 Å². The predicted octanol–water partition coefficient (Wildman–Crippen LogP) is 2.45. The minimum absolute atomic E-state index is 0.370. The van der Waals surface area contributed by atoms with Crippen molar-refractivity contribution in [2.45, 2.75) is 32.1 Å². The van der Waals surface area contributed by atoms with Crippen LogP contribution >= 0.6 is 0 Å². The fourth-order valence-electron chi connectivity index (χ4n) is 1.80. The quantitative estimate of drug-likeness (QED) is 0.786. The molecule has 4 heteroatoms. The topological polar surface area (TPSA) is 57.4 Å². The van der Waals surface area contributed by atoms with E-state index in [-0.39, 0.29) is 0 Å². The van der Waals surface area contributed by atoms with Crippen LogP contribution in [0, 0.1) is 0 Å². The van der Waals surface area contributed by atoms with Gasteiger partial charge in [0.15, 0.2) is 0 Å². The number of H-pyrrole nitrogens is 2. The van der Waals surface area contributed by atoms with Crippen molar-refractivity contribution in [3.63, 3.8) is 0 Å². The molecule has 0 aliphatic heterocycles. The molecular weight excluding hydrogens is 188 g/mol. The van der Waals surface area contributed by atoms with E-state index < -0.39 is 0 Å². The van der Waals surface area contributed by atoms with Crippen molar-refractivity contribution in [3.8, 4) is 0 Å². The average Bonchev–Trinajstić information content (AvgIpc) is 2.90. The van der Waals surface area contributed by atoms with Crippen molar-refractivity contribution < 1.29 is 0 Å². The summed E-state index contributed by atoms with van der Waals surface area (Å²) in [6.07, 6.45) is 10.8. The zero-order valence-electron chi connectivity index (χ0n) is 8.90. The van der Waals surface area contributed by atoms with E-state index in [9.17, 15) is 0 Å². The molecule has 0 spiro atoms. The van der Waals surface area contributed by atoms with E-state index in [0.29, 0.717) is 5.92 Å². The van der Waals surface area contributed by atoms with E-state index in [1.807, 2.05) is 12.4 Å². The molecule has 2 aromatic rings. The van der Waals surface area contributed by atoms with Gasteiger partial charge in [0, 0.05) is 29.7 Å². The number of hydrogen-bond donors (Lipinski definition) is 2. The number of nitrogens with one attached hydrogen (secondary N) is 2. The van der Waals surface area contributed by atoms with E-state index in [1.54, 1.807) is 12.7 Å². The van der Waals surface area contributed by atoms with Gasteiger partial charge in [-0.3, -0.25) is 0 Å². The van der Waals surface area contributed by atoms with Gasteiger partial charge in [0.25, 0.3) is 0 Å². The Kier molecular flexibility index (Phi) is 3.17. The monoisotopic (exact) mass is 204 g/mol. The third-order valence-corrected chi connectivity index (χ3v) is 2.64. The zero-order valence-corrected chi connectivity index (χ0v) is 8.90. The number of rotatable bonds is 5. The largest absolute Gasteiger partial charge is 0.348 e. The van der Waals surface area contributed by atoms with Crippen molar-refractivity contribution in [1.29, 1.82) is 0 Å². The van der Waals surface area contributed by atoms with Gasteiger partial charge in [0.05, 0.1) is 12.7 Å². The van der Waals surface area contributed by atoms with Gasteiger partial charge in [-0.1, -0.05) is 19.8 Å². The number of aromatic amines is 2. The summed E-state index contributed by atoms with van der Waals surface area (Å²) in [4.78, 5) is 14.5. The zero-order chi connectivity index (χ0) is 10.5. The van der Waals surface area contributed by atoms with Crippen LogP contribution in [0.3, 0.4) is 0 Å². The second-order valence-electron chi connectivity index (χ2n) is 3.71. The number of hydrogen-bond acceptors (Lipinski definition) is 2. The van der Waals surface area contributed by atoms with Crippen molar-refractivity contribution >= 4 is 0 Å². The molecular formula is C11H16N4. The summed E-state index contributed by atoms with van der Waals surface area (Å²) in [7, 11) is 0. The summed E-state index contributed by atoms with van der Waals surface area (Å²) in [6, 6.07) is 0. The summed E-state index contributed by atoms with van der Waals surface area (Å²) in [5, 5.41) is 0.